The van der Waals surface area contributed by atoms with Gasteiger partial charge < -0.3 is 15.5 Å². The summed E-state index contributed by atoms with van der Waals surface area (Å²) >= 11 is 7.28. The van der Waals surface area contributed by atoms with Crippen molar-refractivity contribution in [3.63, 3.8) is 0 Å². The Morgan fingerprint density at radius 2 is 2.14 bits per heavy atom. The molecule has 0 aliphatic rings. The molecule has 0 heterocycles. The average molecular weight is 332 g/mol. The third-order valence-electron chi connectivity index (χ3n) is 2.59. The minimum Gasteiger partial charge on any atom is -0.481 e. The van der Waals surface area contributed by atoms with E-state index in [4.69, 9.17) is 16.7 Å². The van der Waals surface area contributed by atoms with Gasteiger partial charge in [-0.2, -0.15) is 0 Å². The van der Waals surface area contributed by atoms with Crippen LogP contribution >= 0.6 is 23.4 Å². The SMILES string of the molecule is CC(O)(CNC(=O)CSCc1cccc(Cl)c1)CC(=O)O. The van der Waals surface area contributed by atoms with Crippen LogP contribution in [0.25, 0.3) is 0 Å². The minimum absolute atomic E-state index is 0.0874. The van der Waals surface area contributed by atoms with Crippen molar-refractivity contribution in [1.82, 2.24) is 5.32 Å². The largest absolute Gasteiger partial charge is 0.481 e. The van der Waals surface area contributed by atoms with Gasteiger partial charge in [0, 0.05) is 17.3 Å². The van der Waals surface area contributed by atoms with Gasteiger partial charge in [-0.25, -0.2) is 0 Å². The van der Waals surface area contributed by atoms with Crippen molar-refractivity contribution in [2.45, 2.75) is 24.7 Å². The van der Waals surface area contributed by atoms with Crippen molar-refractivity contribution < 1.29 is 19.8 Å². The number of aliphatic hydroxyl groups is 1. The van der Waals surface area contributed by atoms with Gasteiger partial charge in [0.15, 0.2) is 0 Å². The lowest BCUT2D eigenvalue weighted by atomic mass is 10.0. The highest BCUT2D eigenvalue weighted by Crippen LogP contribution is 2.16. The van der Waals surface area contributed by atoms with E-state index in [-0.39, 0.29) is 18.2 Å². The van der Waals surface area contributed by atoms with Gasteiger partial charge in [-0.1, -0.05) is 23.7 Å². The molecule has 1 atom stereocenters. The number of carboxylic acid groups (broad SMARTS) is 1. The number of carbonyl (C=O) groups is 2. The highest BCUT2D eigenvalue weighted by Gasteiger charge is 2.24. The monoisotopic (exact) mass is 331 g/mol. The van der Waals surface area contributed by atoms with Gasteiger partial charge >= 0.3 is 5.97 Å². The number of halogens is 1. The van der Waals surface area contributed by atoms with Gasteiger partial charge in [-0.15, -0.1) is 11.8 Å². The number of benzene rings is 1. The first-order valence-corrected chi connectivity index (χ1v) is 7.85. The average Bonchev–Trinajstić information content (AvgIpc) is 2.35. The number of hydrogen-bond donors (Lipinski definition) is 3. The number of aliphatic carboxylic acids is 1. The summed E-state index contributed by atoms with van der Waals surface area (Å²) in [5.41, 5.74) is -0.419. The second kappa shape index (κ2) is 8.26. The topological polar surface area (TPSA) is 86.6 Å². The summed E-state index contributed by atoms with van der Waals surface area (Å²) in [5, 5.41) is 21.5. The molecule has 0 aliphatic carbocycles. The highest BCUT2D eigenvalue weighted by atomic mass is 35.5. The molecule has 1 unspecified atom stereocenters. The number of hydrogen-bond acceptors (Lipinski definition) is 4. The Hall–Kier alpha value is -1.24. The summed E-state index contributed by atoms with van der Waals surface area (Å²) < 4.78 is 0. The van der Waals surface area contributed by atoms with E-state index in [0.29, 0.717) is 10.8 Å². The van der Waals surface area contributed by atoms with Gasteiger partial charge in [0.25, 0.3) is 0 Å². The van der Waals surface area contributed by atoms with Crippen molar-refractivity contribution >= 4 is 35.2 Å². The van der Waals surface area contributed by atoms with Crippen molar-refractivity contribution in [3.05, 3.63) is 34.9 Å². The van der Waals surface area contributed by atoms with Crippen LogP contribution in [0.1, 0.15) is 18.9 Å². The summed E-state index contributed by atoms with van der Waals surface area (Å²) in [6, 6.07) is 7.40. The van der Waals surface area contributed by atoms with Crippen LogP contribution in [-0.2, 0) is 15.3 Å². The van der Waals surface area contributed by atoms with E-state index in [0.717, 1.165) is 5.56 Å². The minimum atomic E-state index is -1.45. The van der Waals surface area contributed by atoms with E-state index in [1.165, 1.54) is 18.7 Å². The lowest BCUT2D eigenvalue weighted by molar-refractivity contribution is -0.142. The Balaban J connectivity index is 2.27. The molecule has 0 bridgehead atoms. The zero-order valence-corrected chi connectivity index (χ0v) is 13.2. The molecule has 1 rings (SSSR count). The van der Waals surface area contributed by atoms with Gasteiger partial charge in [0.05, 0.1) is 17.8 Å². The van der Waals surface area contributed by atoms with Crippen LogP contribution in [0.5, 0.6) is 0 Å². The molecule has 1 amide bonds. The van der Waals surface area contributed by atoms with Crippen LogP contribution in [0.15, 0.2) is 24.3 Å². The van der Waals surface area contributed by atoms with E-state index in [9.17, 15) is 14.7 Å². The van der Waals surface area contributed by atoms with Crippen LogP contribution in [0.2, 0.25) is 5.02 Å². The fourth-order valence-electron chi connectivity index (χ4n) is 1.62. The highest BCUT2D eigenvalue weighted by molar-refractivity contribution is 7.99. The van der Waals surface area contributed by atoms with E-state index >= 15 is 0 Å². The Morgan fingerprint density at radius 1 is 1.43 bits per heavy atom. The second-order valence-electron chi connectivity index (χ2n) is 4.97. The lowest BCUT2D eigenvalue weighted by Gasteiger charge is -2.21. The van der Waals surface area contributed by atoms with Gasteiger partial charge in [-0.05, 0) is 24.6 Å². The number of carbonyl (C=O) groups excluding carboxylic acids is 1. The number of thioether (sulfide) groups is 1. The van der Waals surface area contributed by atoms with Crippen LogP contribution in [0.3, 0.4) is 0 Å². The molecule has 0 radical (unpaired) electrons. The van der Waals surface area contributed by atoms with Crippen LogP contribution in [0.4, 0.5) is 0 Å². The fourth-order valence-corrected chi connectivity index (χ4v) is 2.63. The molecule has 7 heteroatoms. The van der Waals surface area contributed by atoms with Gasteiger partial charge in [0.2, 0.25) is 5.91 Å². The first kappa shape index (κ1) is 17.8. The zero-order chi connectivity index (χ0) is 15.9. The number of amides is 1. The Bertz CT molecular complexity index is 508. The molecule has 0 saturated carbocycles. The number of carboxylic acids is 1. The third-order valence-corrected chi connectivity index (χ3v) is 3.83. The fraction of sp³-hybridized carbons (Fsp3) is 0.429. The molecule has 0 saturated heterocycles. The molecule has 116 valence electrons. The second-order valence-corrected chi connectivity index (χ2v) is 6.39. The predicted molar refractivity (Wildman–Crippen MR) is 83.5 cm³/mol. The van der Waals surface area contributed by atoms with E-state index in [2.05, 4.69) is 5.32 Å². The molecule has 0 fully saturated rings. The smallest absolute Gasteiger partial charge is 0.306 e. The molecule has 3 N–H and O–H groups in total. The third kappa shape index (κ3) is 7.94. The first-order chi connectivity index (χ1) is 9.78. The van der Waals surface area contributed by atoms with Crippen LogP contribution < -0.4 is 5.32 Å². The first-order valence-electron chi connectivity index (χ1n) is 6.31. The van der Waals surface area contributed by atoms with Crippen molar-refractivity contribution in [2.75, 3.05) is 12.3 Å². The molecule has 1 aromatic carbocycles. The Labute approximate surface area is 132 Å². The molecule has 5 nitrogen and oxygen atoms in total. The molecule has 21 heavy (non-hydrogen) atoms. The number of rotatable bonds is 8. The summed E-state index contributed by atoms with van der Waals surface area (Å²) in [4.78, 5) is 22.1. The molecular weight excluding hydrogens is 314 g/mol. The van der Waals surface area contributed by atoms with Crippen LogP contribution in [0, 0.1) is 0 Å². The zero-order valence-electron chi connectivity index (χ0n) is 11.6. The van der Waals surface area contributed by atoms with E-state index in [1.807, 2.05) is 18.2 Å². The Kier molecular flexibility index (Phi) is 7.01. The molecule has 0 spiro atoms. The molecule has 0 aliphatic heterocycles. The van der Waals surface area contributed by atoms with Crippen molar-refractivity contribution in [2.24, 2.45) is 0 Å². The molecule has 0 aromatic heterocycles. The maximum Gasteiger partial charge on any atom is 0.306 e. The van der Waals surface area contributed by atoms with Crippen LogP contribution in [-0.4, -0.2) is 40.0 Å². The predicted octanol–water partition coefficient (Wildman–Crippen LogP) is 1.92. The summed E-state index contributed by atoms with van der Waals surface area (Å²) in [6.45, 7) is 1.29. The molecule has 1 aromatic rings. The summed E-state index contributed by atoms with van der Waals surface area (Å²) in [6.07, 6.45) is -0.414. The summed E-state index contributed by atoms with van der Waals surface area (Å²) in [7, 11) is 0. The van der Waals surface area contributed by atoms with Gasteiger partial charge in [0.1, 0.15) is 0 Å². The van der Waals surface area contributed by atoms with Gasteiger partial charge in [-0.3, -0.25) is 9.59 Å². The summed E-state index contributed by atoms with van der Waals surface area (Å²) in [5.74, 6) is -0.466. The van der Waals surface area contributed by atoms with Crippen molar-refractivity contribution in [3.8, 4) is 0 Å². The quantitative estimate of drug-likeness (QED) is 0.677. The standard InChI is InChI=1S/C14H18ClNO4S/c1-14(20,6-13(18)19)9-16-12(17)8-21-7-10-3-2-4-11(15)5-10/h2-5,20H,6-9H2,1H3,(H,16,17)(H,18,19). The van der Waals surface area contributed by atoms with E-state index < -0.39 is 18.0 Å². The Morgan fingerprint density at radius 3 is 2.76 bits per heavy atom. The normalized spacial score (nSPS) is 13.5. The maximum atomic E-state index is 11.6. The number of nitrogens with one attached hydrogen (secondary N) is 1. The van der Waals surface area contributed by atoms with E-state index in [1.54, 1.807) is 6.07 Å². The lowest BCUT2D eigenvalue weighted by Crippen LogP contribution is -2.42. The maximum absolute atomic E-state index is 11.6. The van der Waals surface area contributed by atoms with Crippen molar-refractivity contribution in [1.29, 1.82) is 0 Å². The molecular formula is C14H18ClNO4S.